The molecule has 0 aliphatic rings. The minimum Gasteiger partial charge on any atom is -0.483 e. The Morgan fingerprint density at radius 2 is 1.88 bits per heavy atom. The van der Waals surface area contributed by atoms with Crippen LogP contribution in [0.4, 0.5) is 0 Å². The molecule has 0 aliphatic heterocycles. The van der Waals surface area contributed by atoms with Gasteiger partial charge in [0.1, 0.15) is 5.75 Å². The van der Waals surface area contributed by atoms with Crippen LogP contribution in [0.5, 0.6) is 5.75 Å². The van der Waals surface area contributed by atoms with Gasteiger partial charge in [0, 0.05) is 6.42 Å². The molecule has 0 aliphatic carbocycles. The van der Waals surface area contributed by atoms with Crippen LogP contribution in [0.15, 0.2) is 22.7 Å². The largest absolute Gasteiger partial charge is 0.483 e. The molecule has 0 unspecified atom stereocenters. The molecule has 0 heterocycles. The predicted octanol–water partition coefficient (Wildman–Crippen LogP) is 2.56. The number of ether oxygens (including phenoxy) is 1. The summed E-state index contributed by atoms with van der Waals surface area (Å²) in [4.78, 5) is 22.9. The normalized spacial score (nSPS) is 10.7. The Bertz CT molecular complexity index is 629. The fourth-order valence-electron chi connectivity index (χ4n) is 1.64. The SMILES string of the molecule is CCC(=O)NC(=S)NNC(=O)COc1ccc(C(C)(C)C)cc1Br. The van der Waals surface area contributed by atoms with E-state index in [1.54, 1.807) is 6.92 Å². The summed E-state index contributed by atoms with van der Waals surface area (Å²) in [6.45, 7) is 7.87. The highest BCUT2D eigenvalue weighted by Gasteiger charge is 2.15. The third-order valence-corrected chi connectivity index (χ3v) is 3.87. The summed E-state index contributed by atoms with van der Waals surface area (Å²) >= 11 is 8.30. The lowest BCUT2D eigenvalue weighted by atomic mass is 9.87. The van der Waals surface area contributed by atoms with Crippen LogP contribution >= 0.6 is 28.1 Å². The summed E-state index contributed by atoms with van der Waals surface area (Å²) in [5, 5.41) is 2.44. The first-order valence-electron chi connectivity index (χ1n) is 7.45. The summed E-state index contributed by atoms with van der Waals surface area (Å²) in [6.07, 6.45) is 0.303. The van der Waals surface area contributed by atoms with Crippen molar-refractivity contribution >= 4 is 45.1 Å². The van der Waals surface area contributed by atoms with Crippen molar-refractivity contribution in [2.45, 2.75) is 39.5 Å². The molecule has 1 rings (SSSR count). The van der Waals surface area contributed by atoms with E-state index in [9.17, 15) is 9.59 Å². The second kappa shape index (κ2) is 8.98. The fourth-order valence-corrected chi connectivity index (χ4v) is 2.29. The van der Waals surface area contributed by atoms with Crippen LogP contribution in [0.1, 0.15) is 39.7 Å². The van der Waals surface area contributed by atoms with Gasteiger partial charge in [-0.1, -0.05) is 33.8 Å². The van der Waals surface area contributed by atoms with Gasteiger partial charge in [-0.15, -0.1) is 0 Å². The van der Waals surface area contributed by atoms with Gasteiger partial charge in [-0.2, -0.15) is 0 Å². The lowest BCUT2D eigenvalue weighted by molar-refractivity contribution is -0.124. The average molecular weight is 416 g/mol. The maximum absolute atomic E-state index is 11.7. The second-order valence-corrected chi connectivity index (χ2v) is 7.35. The van der Waals surface area contributed by atoms with Crippen molar-refractivity contribution < 1.29 is 14.3 Å². The van der Waals surface area contributed by atoms with Crippen molar-refractivity contribution in [1.82, 2.24) is 16.2 Å². The van der Waals surface area contributed by atoms with Gasteiger partial charge >= 0.3 is 0 Å². The van der Waals surface area contributed by atoms with Gasteiger partial charge in [-0.3, -0.25) is 20.4 Å². The highest BCUT2D eigenvalue weighted by molar-refractivity contribution is 9.10. The number of benzene rings is 1. The van der Waals surface area contributed by atoms with E-state index in [2.05, 4.69) is 52.9 Å². The van der Waals surface area contributed by atoms with Crippen LogP contribution in [0.3, 0.4) is 0 Å². The third-order valence-electron chi connectivity index (χ3n) is 3.05. The Morgan fingerprint density at radius 3 is 2.42 bits per heavy atom. The molecule has 24 heavy (non-hydrogen) atoms. The fraction of sp³-hybridized carbons (Fsp3) is 0.438. The van der Waals surface area contributed by atoms with Gasteiger partial charge in [-0.05, 0) is 51.3 Å². The molecule has 0 fully saturated rings. The standard InChI is InChI=1S/C16H22BrN3O3S/c1-5-13(21)18-15(24)20-19-14(22)9-23-12-7-6-10(8-11(12)17)16(2,3)4/h6-8H,5,9H2,1-4H3,(H,19,22)(H2,18,20,21,24). The van der Waals surface area contributed by atoms with Crippen molar-refractivity contribution in [1.29, 1.82) is 0 Å². The molecule has 0 spiro atoms. The van der Waals surface area contributed by atoms with Crippen LogP contribution < -0.4 is 20.9 Å². The van der Waals surface area contributed by atoms with Crippen LogP contribution in [-0.2, 0) is 15.0 Å². The van der Waals surface area contributed by atoms with E-state index in [1.165, 1.54) is 0 Å². The number of rotatable bonds is 4. The summed E-state index contributed by atoms with van der Waals surface area (Å²) in [7, 11) is 0. The number of hydrogen-bond donors (Lipinski definition) is 3. The topological polar surface area (TPSA) is 79.5 Å². The summed E-state index contributed by atoms with van der Waals surface area (Å²) < 4.78 is 6.25. The van der Waals surface area contributed by atoms with E-state index in [0.29, 0.717) is 12.2 Å². The monoisotopic (exact) mass is 415 g/mol. The number of carbonyl (C=O) groups is 2. The third kappa shape index (κ3) is 6.84. The smallest absolute Gasteiger partial charge is 0.276 e. The molecular weight excluding hydrogens is 394 g/mol. The summed E-state index contributed by atoms with van der Waals surface area (Å²) in [6, 6.07) is 5.75. The van der Waals surface area contributed by atoms with Crippen LogP contribution in [-0.4, -0.2) is 23.5 Å². The van der Waals surface area contributed by atoms with Crippen LogP contribution in [0, 0.1) is 0 Å². The molecule has 1 aromatic carbocycles. The molecule has 3 N–H and O–H groups in total. The number of hydrogen-bond acceptors (Lipinski definition) is 4. The van der Waals surface area contributed by atoms with Gasteiger partial charge in [0.25, 0.3) is 5.91 Å². The zero-order chi connectivity index (χ0) is 18.3. The summed E-state index contributed by atoms with van der Waals surface area (Å²) in [5.41, 5.74) is 5.97. The van der Waals surface area contributed by atoms with Gasteiger partial charge in [0.15, 0.2) is 11.7 Å². The van der Waals surface area contributed by atoms with Crippen molar-refractivity contribution in [3.63, 3.8) is 0 Å². The summed E-state index contributed by atoms with van der Waals surface area (Å²) in [5.74, 6) is -0.0872. The van der Waals surface area contributed by atoms with Crippen molar-refractivity contribution in [3.8, 4) is 5.75 Å². The van der Waals surface area contributed by atoms with E-state index in [-0.39, 0.29) is 23.0 Å². The lowest BCUT2D eigenvalue weighted by Gasteiger charge is -2.20. The van der Waals surface area contributed by atoms with Gasteiger partial charge < -0.3 is 10.1 Å². The van der Waals surface area contributed by atoms with Crippen molar-refractivity contribution in [3.05, 3.63) is 28.2 Å². The quantitative estimate of drug-likeness (QED) is 0.520. The zero-order valence-electron chi connectivity index (χ0n) is 14.2. The van der Waals surface area contributed by atoms with Gasteiger partial charge in [0.05, 0.1) is 4.47 Å². The van der Waals surface area contributed by atoms with E-state index >= 15 is 0 Å². The molecule has 0 radical (unpaired) electrons. The molecule has 0 bridgehead atoms. The highest BCUT2D eigenvalue weighted by atomic mass is 79.9. The Kier molecular flexibility index (Phi) is 7.62. The van der Waals surface area contributed by atoms with Crippen LogP contribution in [0.2, 0.25) is 0 Å². The van der Waals surface area contributed by atoms with E-state index in [1.807, 2.05) is 18.2 Å². The Hall–Kier alpha value is -1.67. The first kappa shape index (κ1) is 20.4. The molecule has 0 saturated carbocycles. The Morgan fingerprint density at radius 1 is 1.21 bits per heavy atom. The highest BCUT2D eigenvalue weighted by Crippen LogP contribution is 2.31. The van der Waals surface area contributed by atoms with E-state index in [4.69, 9.17) is 17.0 Å². The number of halogens is 1. The molecule has 132 valence electrons. The predicted molar refractivity (Wildman–Crippen MR) is 101 cm³/mol. The first-order chi connectivity index (χ1) is 11.1. The molecule has 0 atom stereocenters. The molecular formula is C16H22BrN3O3S. The molecule has 0 aromatic heterocycles. The van der Waals surface area contributed by atoms with Crippen molar-refractivity contribution in [2.75, 3.05) is 6.61 Å². The van der Waals surface area contributed by atoms with E-state index in [0.717, 1.165) is 10.0 Å². The molecule has 2 amide bonds. The molecule has 0 saturated heterocycles. The number of amides is 2. The molecule has 6 nitrogen and oxygen atoms in total. The number of carbonyl (C=O) groups excluding carboxylic acids is 2. The lowest BCUT2D eigenvalue weighted by Crippen LogP contribution is -2.49. The minimum absolute atomic E-state index is 0.0287. The molecule has 1 aromatic rings. The van der Waals surface area contributed by atoms with Gasteiger partial charge in [0.2, 0.25) is 5.91 Å². The Balaban J connectivity index is 2.47. The Labute approximate surface area is 155 Å². The number of thiocarbonyl (C=S) groups is 1. The number of hydrazine groups is 1. The molecule has 8 heteroatoms. The minimum atomic E-state index is -0.421. The maximum Gasteiger partial charge on any atom is 0.276 e. The van der Waals surface area contributed by atoms with E-state index < -0.39 is 5.91 Å². The zero-order valence-corrected chi connectivity index (χ0v) is 16.6. The average Bonchev–Trinajstić information content (AvgIpc) is 2.50. The number of nitrogens with one attached hydrogen (secondary N) is 3. The van der Waals surface area contributed by atoms with Gasteiger partial charge in [-0.25, -0.2) is 0 Å². The van der Waals surface area contributed by atoms with Crippen molar-refractivity contribution in [2.24, 2.45) is 0 Å². The maximum atomic E-state index is 11.7. The van der Waals surface area contributed by atoms with Crippen LogP contribution in [0.25, 0.3) is 0 Å². The first-order valence-corrected chi connectivity index (χ1v) is 8.65. The second-order valence-electron chi connectivity index (χ2n) is 6.09.